The fraction of sp³-hybridized carbons (Fsp3) is 0. The van der Waals surface area contributed by atoms with E-state index < -0.39 is 0 Å². The lowest BCUT2D eigenvalue weighted by atomic mass is 10.1. The highest BCUT2D eigenvalue weighted by molar-refractivity contribution is 9.10. The number of ketones is 1. The van der Waals surface area contributed by atoms with Gasteiger partial charge in [-0.3, -0.25) is 4.79 Å². The predicted octanol–water partition coefficient (Wildman–Crippen LogP) is 5.05. The summed E-state index contributed by atoms with van der Waals surface area (Å²) in [7, 11) is 0. The molecule has 0 spiro atoms. The fourth-order valence-corrected chi connectivity index (χ4v) is 2.17. The number of halogens is 3. The van der Waals surface area contributed by atoms with Gasteiger partial charge in [-0.2, -0.15) is 0 Å². The standard InChI is InChI=1S/C14H8BrCl2NO/c15-11-4-1-9(2-5-11)3-6-12(19)10-7-13(16)18-14(17)8-10/h1-8H. The van der Waals surface area contributed by atoms with Crippen LogP contribution in [-0.2, 0) is 0 Å². The molecule has 0 bridgehead atoms. The second-order valence-corrected chi connectivity index (χ2v) is 5.44. The Bertz CT molecular complexity index is 618. The second-order valence-electron chi connectivity index (χ2n) is 3.75. The number of nitrogens with zero attached hydrogens (tertiary/aromatic N) is 1. The average molecular weight is 357 g/mol. The van der Waals surface area contributed by atoms with Crippen LogP contribution in [0.5, 0.6) is 0 Å². The normalized spacial score (nSPS) is 10.9. The molecule has 19 heavy (non-hydrogen) atoms. The number of allylic oxidation sites excluding steroid dienone is 1. The molecule has 2 nitrogen and oxygen atoms in total. The smallest absolute Gasteiger partial charge is 0.186 e. The van der Waals surface area contributed by atoms with Crippen molar-refractivity contribution < 1.29 is 4.79 Å². The van der Waals surface area contributed by atoms with Gasteiger partial charge in [0.15, 0.2) is 5.78 Å². The molecule has 0 aliphatic heterocycles. The lowest BCUT2D eigenvalue weighted by Crippen LogP contribution is -1.95. The highest BCUT2D eigenvalue weighted by atomic mass is 79.9. The Morgan fingerprint density at radius 2 is 1.68 bits per heavy atom. The molecule has 1 aromatic carbocycles. The maximum Gasteiger partial charge on any atom is 0.186 e. The summed E-state index contributed by atoms with van der Waals surface area (Å²) < 4.78 is 0.990. The molecule has 0 fully saturated rings. The first-order valence-electron chi connectivity index (χ1n) is 5.36. The van der Waals surface area contributed by atoms with E-state index in [-0.39, 0.29) is 16.1 Å². The minimum absolute atomic E-state index is 0.172. The van der Waals surface area contributed by atoms with E-state index in [2.05, 4.69) is 20.9 Å². The first-order valence-corrected chi connectivity index (χ1v) is 6.90. The van der Waals surface area contributed by atoms with Crippen molar-refractivity contribution in [1.29, 1.82) is 0 Å². The van der Waals surface area contributed by atoms with Crippen LogP contribution in [0.15, 0.2) is 46.9 Å². The Labute approximate surface area is 129 Å². The van der Waals surface area contributed by atoms with Gasteiger partial charge in [-0.05, 0) is 35.9 Å². The van der Waals surface area contributed by atoms with E-state index in [1.807, 2.05) is 24.3 Å². The van der Waals surface area contributed by atoms with Crippen LogP contribution in [0.4, 0.5) is 0 Å². The van der Waals surface area contributed by atoms with E-state index >= 15 is 0 Å². The van der Waals surface area contributed by atoms with Gasteiger partial charge in [-0.25, -0.2) is 4.98 Å². The summed E-state index contributed by atoms with van der Waals surface area (Å²) in [6, 6.07) is 10.6. The minimum atomic E-state index is -0.172. The predicted molar refractivity (Wildman–Crippen MR) is 81.8 cm³/mol. The van der Waals surface area contributed by atoms with Crippen molar-refractivity contribution >= 4 is 51.0 Å². The van der Waals surface area contributed by atoms with Crippen LogP contribution in [0, 0.1) is 0 Å². The highest BCUT2D eigenvalue weighted by Crippen LogP contribution is 2.16. The summed E-state index contributed by atoms with van der Waals surface area (Å²) in [5.41, 5.74) is 1.35. The molecule has 96 valence electrons. The molecule has 0 saturated carbocycles. The first-order chi connectivity index (χ1) is 9.04. The van der Waals surface area contributed by atoms with Crippen molar-refractivity contribution in [2.45, 2.75) is 0 Å². The summed E-state index contributed by atoms with van der Waals surface area (Å²) in [6.45, 7) is 0. The van der Waals surface area contributed by atoms with Crippen LogP contribution >= 0.6 is 39.1 Å². The average Bonchev–Trinajstić information content (AvgIpc) is 2.36. The van der Waals surface area contributed by atoms with Crippen molar-refractivity contribution in [1.82, 2.24) is 4.98 Å². The quantitative estimate of drug-likeness (QED) is 0.437. The van der Waals surface area contributed by atoms with Crippen molar-refractivity contribution in [3.63, 3.8) is 0 Å². The van der Waals surface area contributed by atoms with Crippen molar-refractivity contribution in [3.05, 3.63) is 68.4 Å². The van der Waals surface area contributed by atoms with Gasteiger partial charge in [-0.15, -0.1) is 0 Å². The number of rotatable bonds is 3. The van der Waals surface area contributed by atoms with Crippen molar-refractivity contribution in [2.75, 3.05) is 0 Å². The first kappa shape index (κ1) is 14.3. The number of carbonyl (C=O) groups is 1. The molecule has 1 aromatic heterocycles. The van der Waals surface area contributed by atoms with E-state index in [9.17, 15) is 4.79 Å². The zero-order chi connectivity index (χ0) is 13.8. The molecular weight excluding hydrogens is 349 g/mol. The Kier molecular flexibility index (Phi) is 4.75. The minimum Gasteiger partial charge on any atom is -0.289 e. The Morgan fingerprint density at radius 3 is 2.26 bits per heavy atom. The lowest BCUT2D eigenvalue weighted by Gasteiger charge is -1.98. The van der Waals surface area contributed by atoms with Gasteiger partial charge in [0.1, 0.15) is 10.3 Å². The van der Waals surface area contributed by atoms with Crippen LogP contribution in [0.2, 0.25) is 10.3 Å². The molecular formula is C14H8BrCl2NO. The molecule has 1 heterocycles. The third kappa shape index (κ3) is 4.16. The number of pyridine rings is 1. The van der Waals surface area contributed by atoms with Gasteiger partial charge in [0.05, 0.1) is 0 Å². The molecule has 0 aliphatic rings. The molecule has 0 aliphatic carbocycles. The third-order valence-corrected chi connectivity index (χ3v) is 3.26. The van der Waals surface area contributed by atoms with Gasteiger partial charge in [0.25, 0.3) is 0 Å². The summed E-state index contributed by atoms with van der Waals surface area (Å²) in [4.78, 5) is 15.7. The molecule has 5 heteroatoms. The third-order valence-electron chi connectivity index (χ3n) is 2.34. The van der Waals surface area contributed by atoms with Crippen LogP contribution in [0.3, 0.4) is 0 Å². The van der Waals surface area contributed by atoms with Crippen LogP contribution < -0.4 is 0 Å². The molecule has 0 atom stereocenters. The summed E-state index contributed by atoms with van der Waals surface area (Å²) in [6.07, 6.45) is 3.21. The maximum absolute atomic E-state index is 11.9. The van der Waals surface area contributed by atoms with Gasteiger partial charge in [-0.1, -0.05) is 57.3 Å². The fourth-order valence-electron chi connectivity index (χ4n) is 1.45. The van der Waals surface area contributed by atoms with Crippen LogP contribution in [0.1, 0.15) is 15.9 Å². The number of benzene rings is 1. The number of aromatic nitrogens is 1. The monoisotopic (exact) mass is 355 g/mol. The van der Waals surface area contributed by atoms with Gasteiger partial charge in [0.2, 0.25) is 0 Å². The lowest BCUT2D eigenvalue weighted by molar-refractivity contribution is 0.104. The van der Waals surface area contributed by atoms with E-state index in [0.717, 1.165) is 10.0 Å². The number of carbonyl (C=O) groups excluding carboxylic acids is 1. The second kappa shape index (κ2) is 6.33. The SMILES string of the molecule is O=C(C=Cc1ccc(Br)cc1)c1cc(Cl)nc(Cl)c1. The zero-order valence-corrected chi connectivity index (χ0v) is 12.7. The molecule has 0 N–H and O–H groups in total. The maximum atomic E-state index is 11.9. The molecule has 0 saturated heterocycles. The van der Waals surface area contributed by atoms with Crippen LogP contribution in [0.25, 0.3) is 6.08 Å². The Hall–Kier alpha value is -1.16. The van der Waals surface area contributed by atoms with Crippen molar-refractivity contribution in [2.24, 2.45) is 0 Å². The van der Waals surface area contributed by atoms with E-state index in [4.69, 9.17) is 23.2 Å². The van der Waals surface area contributed by atoms with E-state index in [1.54, 1.807) is 6.08 Å². The summed E-state index contributed by atoms with van der Waals surface area (Å²) in [5.74, 6) is -0.172. The topological polar surface area (TPSA) is 30.0 Å². The largest absolute Gasteiger partial charge is 0.289 e. The molecule has 2 rings (SSSR count). The zero-order valence-electron chi connectivity index (χ0n) is 9.61. The number of hydrogen-bond acceptors (Lipinski definition) is 2. The summed E-state index contributed by atoms with van der Waals surface area (Å²) in [5, 5.41) is 0.404. The van der Waals surface area contributed by atoms with Gasteiger partial charge in [0, 0.05) is 10.0 Å². The molecule has 0 amide bonds. The van der Waals surface area contributed by atoms with Gasteiger partial charge >= 0.3 is 0 Å². The Morgan fingerprint density at radius 1 is 1.11 bits per heavy atom. The van der Waals surface area contributed by atoms with Gasteiger partial charge < -0.3 is 0 Å². The Balaban J connectivity index is 2.18. The molecule has 2 aromatic rings. The molecule has 0 radical (unpaired) electrons. The van der Waals surface area contributed by atoms with Crippen molar-refractivity contribution in [3.8, 4) is 0 Å². The van der Waals surface area contributed by atoms with Crippen LogP contribution in [-0.4, -0.2) is 10.8 Å². The van der Waals surface area contributed by atoms with E-state index in [1.165, 1.54) is 18.2 Å². The van der Waals surface area contributed by atoms with E-state index in [0.29, 0.717) is 5.56 Å². The summed E-state index contributed by atoms with van der Waals surface area (Å²) >= 11 is 14.9. The highest BCUT2D eigenvalue weighted by Gasteiger charge is 2.05. The molecule has 0 unspecified atom stereocenters. The number of hydrogen-bond donors (Lipinski definition) is 0.